The number of nitrogens with zero attached hydrogens (tertiary/aromatic N) is 1. The first-order chi connectivity index (χ1) is 8.54. The van der Waals surface area contributed by atoms with Gasteiger partial charge in [0.2, 0.25) is 0 Å². The number of H-pyrrole nitrogens is 2. The van der Waals surface area contributed by atoms with Crippen molar-refractivity contribution < 1.29 is 4.79 Å². The highest BCUT2D eigenvalue weighted by molar-refractivity contribution is 5.93. The fourth-order valence-corrected chi connectivity index (χ4v) is 1.53. The standard InChI is InChI=1S/C11H12N4O3/c1-15-3-2-7(6-15)10(17)12-5-8-4-9(16)14-11(18)13-8/h2-4,6H,5H2,1H3,(H,12,17)(H2,13,14,16,18). The second-order valence-corrected chi connectivity index (χ2v) is 3.86. The van der Waals surface area contributed by atoms with Crippen LogP contribution in [0.2, 0.25) is 0 Å². The summed E-state index contributed by atoms with van der Waals surface area (Å²) in [5, 5.41) is 2.61. The maximum absolute atomic E-state index is 11.7. The minimum Gasteiger partial charge on any atom is -0.356 e. The number of amides is 1. The first-order valence-electron chi connectivity index (χ1n) is 5.27. The van der Waals surface area contributed by atoms with Gasteiger partial charge >= 0.3 is 5.69 Å². The van der Waals surface area contributed by atoms with Crippen molar-refractivity contribution in [3.05, 3.63) is 56.6 Å². The molecule has 0 aliphatic heterocycles. The minimum absolute atomic E-state index is 0.0902. The quantitative estimate of drug-likeness (QED) is 0.671. The van der Waals surface area contributed by atoms with Crippen molar-refractivity contribution in [3.63, 3.8) is 0 Å². The molecule has 0 saturated carbocycles. The summed E-state index contributed by atoms with van der Waals surface area (Å²) in [7, 11) is 1.81. The molecule has 7 nitrogen and oxygen atoms in total. The lowest BCUT2D eigenvalue weighted by Gasteiger charge is -2.03. The minimum atomic E-state index is -0.591. The van der Waals surface area contributed by atoms with Gasteiger partial charge in [0.1, 0.15) is 0 Å². The number of rotatable bonds is 3. The zero-order chi connectivity index (χ0) is 13.1. The van der Waals surface area contributed by atoms with Crippen molar-refractivity contribution in [3.8, 4) is 0 Å². The van der Waals surface area contributed by atoms with Gasteiger partial charge in [-0.2, -0.15) is 0 Å². The Kier molecular flexibility index (Phi) is 3.13. The first-order valence-corrected chi connectivity index (χ1v) is 5.27. The normalized spacial score (nSPS) is 10.3. The average Bonchev–Trinajstić information content (AvgIpc) is 2.71. The summed E-state index contributed by atoms with van der Waals surface area (Å²) in [4.78, 5) is 38.2. The molecule has 7 heteroatoms. The fourth-order valence-electron chi connectivity index (χ4n) is 1.53. The number of aromatic amines is 2. The number of aryl methyl sites for hydroxylation is 1. The van der Waals surface area contributed by atoms with E-state index in [2.05, 4.69) is 15.3 Å². The predicted octanol–water partition coefficient (Wildman–Crippen LogP) is -0.668. The Morgan fingerprint density at radius 3 is 2.78 bits per heavy atom. The Labute approximate surface area is 101 Å². The van der Waals surface area contributed by atoms with Gasteiger partial charge in [-0.25, -0.2) is 4.79 Å². The van der Waals surface area contributed by atoms with Gasteiger partial charge in [-0.3, -0.25) is 14.6 Å². The molecule has 0 atom stereocenters. The van der Waals surface area contributed by atoms with Crippen molar-refractivity contribution in [1.82, 2.24) is 19.9 Å². The van der Waals surface area contributed by atoms with E-state index in [1.807, 2.05) is 7.05 Å². The second kappa shape index (κ2) is 4.74. The smallest absolute Gasteiger partial charge is 0.325 e. The number of hydrogen-bond acceptors (Lipinski definition) is 3. The summed E-state index contributed by atoms with van der Waals surface area (Å²) in [6.07, 6.45) is 3.43. The summed E-state index contributed by atoms with van der Waals surface area (Å²) in [6, 6.07) is 2.91. The number of carbonyl (C=O) groups is 1. The zero-order valence-corrected chi connectivity index (χ0v) is 9.69. The van der Waals surface area contributed by atoms with Gasteiger partial charge in [-0.1, -0.05) is 0 Å². The van der Waals surface area contributed by atoms with Gasteiger partial charge in [-0.15, -0.1) is 0 Å². The van der Waals surface area contributed by atoms with Crippen LogP contribution in [0.25, 0.3) is 0 Å². The molecular weight excluding hydrogens is 236 g/mol. The topological polar surface area (TPSA) is 99.8 Å². The predicted molar refractivity (Wildman–Crippen MR) is 64.3 cm³/mol. The molecule has 0 fully saturated rings. The zero-order valence-electron chi connectivity index (χ0n) is 9.69. The van der Waals surface area contributed by atoms with Gasteiger partial charge < -0.3 is 14.9 Å². The molecule has 0 spiro atoms. The number of carbonyl (C=O) groups excluding carboxylic acids is 1. The van der Waals surface area contributed by atoms with Crippen LogP contribution in [-0.2, 0) is 13.6 Å². The van der Waals surface area contributed by atoms with E-state index in [-0.39, 0.29) is 12.5 Å². The molecule has 0 unspecified atom stereocenters. The Hall–Kier alpha value is -2.57. The summed E-state index contributed by atoms with van der Waals surface area (Å²) in [5.41, 5.74) is -0.216. The van der Waals surface area contributed by atoms with Gasteiger partial charge in [0, 0.05) is 31.2 Å². The van der Waals surface area contributed by atoms with E-state index in [9.17, 15) is 14.4 Å². The first kappa shape index (κ1) is 11.9. The van der Waals surface area contributed by atoms with E-state index in [1.54, 1.807) is 23.0 Å². The van der Waals surface area contributed by atoms with Crippen LogP contribution in [0.4, 0.5) is 0 Å². The maximum Gasteiger partial charge on any atom is 0.325 e. The van der Waals surface area contributed by atoms with Crippen LogP contribution >= 0.6 is 0 Å². The molecular formula is C11H12N4O3. The molecule has 2 heterocycles. The molecule has 2 aromatic rings. The monoisotopic (exact) mass is 248 g/mol. The molecule has 1 amide bonds. The Balaban J connectivity index is 2.05. The molecule has 2 rings (SSSR count). The van der Waals surface area contributed by atoms with Crippen molar-refractivity contribution in [2.75, 3.05) is 0 Å². The summed E-state index contributed by atoms with van der Waals surface area (Å²) in [6.45, 7) is 0.0902. The van der Waals surface area contributed by atoms with Crippen molar-refractivity contribution in [1.29, 1.82) is 0 Å². The molecule has 0 aromatic carbocycles. The highest BCUT2D eigenvalue weighted by atomic mass is 16.2. The third-order valence-corrected chi connectivity index (χ3v) is 2.35. The third-order valence-electron chi connectivity index (χ3n) is 2.35. The largest absolute Gasteiger partial charge is 0.356 e. The van der Waals surface area contributed by atoms with Gasteiger partial charge in [0.05, 0.1) is 12.1 Å². The van der Waals surface area contributed by atoms with Crippen LogP contribution in [0, 0.1) is 0 Å². The Bertz CT molecular complexity index is 652. The molecule has 18 heavy (non-hydrogen) atoms. The van der Waals surface area contributed by atoms with E-state index in [0.717, 1.165) is 0 Å². The van der Waals surface area contributed by atoms with Gasteiger partial charge in [0.15, 0.2) is 0 Å². The van der Waals surface area contributed by atoms with E-state index >= 15 is 0 Å². The highest BCUT2D eigenvalue weighted by Crippen LogP contribution is 1.99. The molecule has 0 aliphatic rings. The third kappa shape index (κ3) is 2.76. The van der Waals surface area contributed by atoms with Crippen molar-refractivity contribution >= 4 is 5.91 Å². The van der Waals surface area contributed by atoms with Crippen LogP contribution in [0.15, 0.2) is 34.1 Å². The number of aromatic nitrogens is 3. The SMILES string of the molecule is Cn1ccc(C(=O)NCc2cc(=O)[nH]c(=O)[nH]2)c1. The lowest BCUT2D eigenvalue weighted by atomic mass is 10.3. The van der Waals surface area contributed by atoms with E-state index in [0.29, 0.717) is 11.3 Å². The van der Waals surface area contributed by atoms with Gasteiger partial charge in [0.25, 0.3) is 11.5 Å². The van der Waals surface area contributed by atoms with E-state index in [1.165, 1.54) is 6.07 Å². The van der Waals surface area contributed by atoms with Crippen LogP contribution in [0.3, 0.4) is 0 Å². The molecule has 0 radical (unpaired) electrons. The Morgan fingerprint density at radius 1 is 1.39 bits per heavy atom. The van der Waals surface area contributed by atoms with Crippen molar-refractivity contribution in [2.45, 2.75) is 6.54 Å². The summed E-state index contributed by atoms with van der Waals surface area (Å²) in [5.74, 6) is -0.267. The Morgan fingerprint density at radius 2 is 2.17 bits per heavy atom. The van der Waals surface area contributed by atoms with Gasteiger partial charge in [-0.05, 0) is 6.07 Å². The summed E-state index contributed by atoms with van der Waals surface area (Å²) >= 11 is 0. The molecule has 0 aliphatic carbocycles. The van der Waals surface area contributed by atoms with Crippen LogP contribution < -0.4 is 16.6 Å². The fraction of sp³-hybridized carbons (Fsp3) is 0.182. The van der Waals surface area contributed by atoms with Crippen LogP contribution in [0.1, 0.15) is 16.1 Å². The van der Waals surface area contributed by atoms with Crippen molar-refractivity contribution in [2.24, 2.45) is 7.05 Å². The van der Waals surface area contributed by atoms with E-state index in [4.69, 9.17) is 0 Å². The molecule has 0 bridgehead atoms. The second-order valence-electron chi connectivity index (χ2n) is 3.86. The molecule has 3 N–H and O–H groups in total. The maximum atomic E-state index is 11.7. The van der Waals surface area contributed by atoms with Crippen LogP contribution in [0.5, 0.6) is 0 Å². The highest BCUT2D eigenvalue weighted by Gasteiger charge is 2.06. The van der Waals surface area contributed by atoms with Crippen LogP contribution in [-0.4, -0.2) is 20.4 Å². The molecule has 94 valence electrons. The number of hydrogen-bond donors (Lipinski definition) is 3. The average molecular weight is 248 g/mol. The number of nitrogens with one attached hydrogen (secondary N) is 3. The molecule has 2 aromatic heterocycles. The molecule has 0 saturated heterocycles. The summed E-state index contributed by atoms with van der Waals surface area (Å²) < 4.78 is 1.75. The lowest BCUT2D eigenvalue weighted by molar-refractivity contribution is 0.0950. The lowest BCUT2D eigenvalue weighted by Crippen LogP contribution is -2.28. The van der Waals surface area contributed by atoms with E-state index < -0.39 is 11.2 Å².